The van der Waals surface area contributed by atoms with Crippen LogP contribution in [-0.4, -0.2) is 39.8 Å². The third-order valence-corrected chi connectivity index (χ3v) is 5.96. The molecule has 2 heterocycles. The van der Waals surface area contributed by atoms with E-state index in [1.54, 1.807) is 23.1 Å². The SMILES string of the molecule is CCCCN1C(=O)C(=O)/C(=C(/O)c2ccc(OCC)c(C)c2)C1c1c[nH]c2ccccc12. The van der Waals surface area contributed by atoms with Crippen LogP contribution in [0.3, 0.4) is 0 Å². The van der Waals surface area contributed by atoms with Crippen LogP contribution in [0.2, 0.25) is 0 Å². The van der Waals surface area contributed by atoms with Gasteiger partial charge in [0.25, 0.3) is 11.7 Å². The van der Waals surface area contributed by atoms with Crippen molar-refractivity contribution < 1.29 is 19.4 Å². The fourth-order valence-electron chi connectivity index (χ4n) is 4.35. The molecule has 32 heavy (non-hydrogen) atoms. The number of H-pyrrole nitrogens is 1. The number of hydrogen-bond acceptors (Lipinski definition) is 4. The van der Waals surface area contributed by atoms with Gasteiger partial charge in [-0.1, -0.05) is 31.5 Å². The maximum Gasteiger partial charge on any atom is 0.295 e. The Hall–Kier alpha value is -3.54. The molecule has 2 N–H and O–H groups in total. The van der Waals surface area contributed by atoms with Crippen LogP contribution in [-0.2, 0) is 9.59 Å². The van der Waals surface area contributed by atoms with Crippen LogP contribution in [0.15, 0.2) is 54.2 Å². The zero-order valence-corrected chi connectivity index (χ0v) is 18.6. The highest BCUT2D eigenvalue weighted by Crippen LogP contribution is 2.42. The summed E-state index contributed by atoms with van der Waals surface area (Å²) in [5.41, 5.74) is 3.18. The van der Waals surface area contributed by atoms with Gasteiger partial charge in [-0.3, -0.25) is 9.59 Å². The predicted octanol–water partition coefficient (Wildman–Crippen LogP) is 5.10. The van der Waals surface area contributed by atoms with Crippen molar-refractivity contribution in [2.24, 2.45) is 0 Å². The van der Waals surface area contributed by atoms with Crippen molar-refractivity contribution in [3.8, 4) is 5.75 Å². The van der Waals surface area contributed by atoms with Gasteiger partial charge in [-0.2, -0.15) is 0 Å². The second kappa shape index (κ2) is 8.91. The number of likely N-dealkylation sites (tertiary alicyclic amines) is 1. The van der Waals surface area contributed by atoms with Crippen molar-refractivity contribution in [1.82, 2.24) is 9.88 Å². The number of ether oxygens (including phenoxy) is 1. The Morgan fingerprint density at radius 1 is 1.16 bits per heavy atom. The number of unbranched alkanes of at least 4 members (excludes halogenated alkanes) is 1. The lowest BCUT2D eigenvalue weighted by atomic mass is 9.94. The third kappa shape index (κ3) is 3.66. The fourth-order valence-corrected chi connectivity index (χ4v) is 4.35. The van der Waals surface area contributed by atoms with Crippen molar-refractivity contribution in [3.63, 3.8) is 0 Å². The lowest BCUT2D eigenvalue weighted by Crippen LogP contribution is -2.30. The Kier molecular flexibility index (Phi) is 6.04. The largest absolute Gasteiger partial charge is 0.507 e. The number of aromatic nitrogens is 1. The number of fused-ring (bicyclic) bond motifs is 1. The molecule has 1 aliphatic heterocycles. The van der Waals surface area contributed by atoms with E-state index >= 15 is 0 Å². The molecule has 1 amide bonds. The first kappa shape index (κ1) is 21.7. The maximum absolute atomic E-state index is 13.1. The molecule has 1 aliphatic rings. The minimum Gasteiger partial charge on any atom is -0.507 e. The summed E-state index contributed by atoms with van der Waals surface area (Å²) in [7, 11) is 0. The Morgan fingerprint density at radius 3 is 2.66 bits per heavy atom. The van der Waals surface area contributed by atoms with Gasteiger partial charge >= 0.3 is 0 Å². The molecule has 6 nitrogen and oxygen atoms in total. The van der Waals surface area contributed by atoms with Gasteiger partial charge in [-0.05, 0) is 50.1 Å². The topological polar surface area (TPSA) is 82.6 Å². The molecule has 1 saturated heterocycles. The number of aliphatic hydroxyl groups excluding tert-OH is 1. The number of amides is 1. The molecule has 0 radical (unpaired) electrons. The minimum atomic E-state index is -0.652. The lowest BCUT2D eigenvalue weighted by molar-refractivity contribution is -0.139. The molecule has 1 atom stereocenters. The molecule has 0 saturated carbocycles. The van der Waals surface area contributed by atoms with Gasteiger partial charge in [0.15, 0.2) is 0 Å². The van der Waals surface area contributed by atoms with Crippen LogP contribution >= 0.6 is 0 Å². The highest BCUT2D eigenvalue weighted by atomic mass is 16.5. The van der Waals surface area contributed by atoms with Gasteiger partial charge in [0, 0.05) is 34.8 Å². The standard InChI is InChI=1S/C26H28N2O4/c1-4-6-13-28-23(19-15-27-20-10-8-7-9-18(19)20)22(25(30)26(28)31)24(29)17-11-12-21(32-5-2)16(3)14-17/h7-12,14-15,23,27,29H,4-6,13H2,1-3H3/b24-22+. The first-order chi connectivity index (χ1) is 15.5. The second-order valence-electron chi connectivity index (χ2n) is 8.05. The second-order valence-corrected chi connectivity index (χ2v) is 8.05. The highest BCUT2D eigenvalue weighted by Gasteiger charge is 2.46. The molecule has 0 bridgehead atoms. The summed E-state index contributed by atoms with van der Waals surface area (Å²) in [4.78, 5) is 31.0. The number of aromatic amines is 1. The molecule has 1 aromatic heterocycles. The van der Waals surface area contributed by atoms with Crippen LogP contribution in [0.4, 0.5) is 0 Å². The minimum absolute atomic E-state index is 0.124. The molecule has 2 aromatic carbocycles. The summed E-state index contributed by atoms with van der Waals surface area (Å²) in [6, 6.07) is 12.4. The molecule has 3 aromatic rings. The molecular weight excluding hydrogens is 404 g/mol. The Labute approximate surface area is 187 Å². The molecule has 166 valence electrons. The van der Waals surface area contributed by atoms with E-state index in [0.29, 0.717) is 18.7 Å². The Morgan fingerprint density at radius 2 is 1.94 bits per heavy atom. The van der Waals surface area contributed by atoms with Crippen molar-refractivity contribution in [3.05, 3.63) is 70.9 Å². The van der Waals surface area contributed by atoms with Crippen LogP contribution < -0.4 is 4.74 Å². The molecule has 1 unspecified atom stereocenters. The summed E-state index contributed by atoms with van der Waals surface area (Å²) in [6.07, 6.45) is 3.49. The smallest absolute Gasteiger partial charge is 0.295 e. The summed E-state index contributed by atoms with van der Waals surface area (Å²) in [6.45, 7) is 6.82. The number of carbonyl (C=O) groups is 2. The number of nitrogens with zero attached hydrogens (tertiary/aromatic N) is 1. The van der Waals surface area contributed by atoms with Crippen LogP contribution in [0.25, 0.3) is 16.7 Å². The number of Topliss-reactive ketones (excluding diaryl/α,β-unsaturated/α-hetero) is 1. The monoisotopic (exact) mass is 432 g/mol. The average molecular weight is 433 g/mol. The van der Waals surface area contributed by atoms with Crippen LogP contribution in [0.1, 0.15) is 49.4 Å². The number of aliphatic hydroxyl groups is 1. The van der Waals surface area contributed by atoms with E-state index in [1.807, 2.05) is 51.2 Å². The van der Waals surface area contributed by atoms with Gasteiger partial charge in [0.2, 0.25) is 0 Å². The third-order valence-electron chi connectivity index (χ3n) is 5.96. The molecule has 0 spiro atoms. The van der Waals surface area contributed by atoms with E-state index in [2.05, 4.69) is 4.98 Å². The molecule has 1 fully saturated rings. The van der Waals surface area contributed by atoms with E-state index < -0.39 is 17.7 Å². The fraction of sp³-hybridized carbons (Fsp3) is 0.308. The van der Waals surface area contributed by atoms with Gasteiger partial charge in [-0.25, -0.2) is 0 Å². The number of carbonyl (C=O) groups excluding carboxylic acids is 2. The van der Waals surface area contributed by atoms with E-state index in [4.69, 9.17) is 4.74 Å². The number of ketones is 1. The van der Waals surface area contributed by atoms with Crippen molar-refractivity contribution in [2.45, 2.75) is 39.7 Å². The van der Waals surface area contributed by atoms with Gasteiger partial charge in [0.05, 0.1) is 18.2 Å². The normalized spacial score (nSPS) is 18.0. The zero-order chi connectivity index (χ0) is 22.8. The summed E-state index contributed by atoms with van der Waals surface area (Å²) in [5, 5.41) is 12.2. The number of benzene rings is 2. The first-order valence-corrected chi connectivity index (χ1v) is 11.1. The molecular formula is C26H28N2O4. The number of para-hydroxylation sites is 1. The quantitative estimate of drug-likeness (QED) is 0.309. The highest BCUT2D eigenvalue weighted by molar-refractivity contribution is 6.46. The van der Waals surface area contributed by atoms with Crippen molar-refractivity contribution >= 4 is 28.4 Å². The van der Waals surface area contributed by atoms with Gasteiger partial charge < -0.3 is 19.7 Å². The maximum atomic E-state index is 13.1. The van der Waals surface area contributed by atoms with E-state index in [9.17, 15) is 14.7 Å². The summed E-state index contributed by atoms with van der Waals surface area (Å²) >= 11 is 0. The van der Waals surface area contributed by atoms with E-state index in [0.717, 1.165) is 40.6 Å². The number of hydrogen-bond donors (Lipinski definition) is 2. The van der Waals surface area contributed by atoms with Gasteiger partial charge in [0.1, 0.15) is 11.5 Å². The lowest BCUT2D eigenvalue weighted by Gasteiger charge is -2.24. The average Bonchev–Trinajstić information content (AvgIpc) is 3.32. The Bertz CT molecular complexity index is 1210. The molecule has 0 aliphatic carbocycles. The van der Waals surface area contributed by atoms with Crippen LogP contribution in [0.5, 0.6) is 5.75 Å². The van der Waals surface area contributed by atoms with Crippen LogP contribution in [0, 0.1) is 6.92 Å². The molecule has 4 rings (SSSR count). The van der Waals surface area contributed by atoms with E-state index in [-0.39, 0.29) is 11.3 Å². The molecule has 6 heteroatoms. The van der Waals surface area contributed by atoms with E-state index in [1.165, 1.54) is 0 Å². The number of nitrogens with one attached hydrogen (secondary N) is 1. The van der Waals surface area contributed by atoms with Crippen molar-refractivity contribution in [1.29, 1.82) is 0 Å². The first-order valence-electron chi connectivity index (χ1n) is 11.1. The number of aryl methyl sites for hydroxylation is 1. The summed E-state index contributed by atoms with van der Waals surface area (Å²) in [5.74, 6) is -0.664. The Balaban J connectivity index is 1.88. The summed E-state index contributed by atoms with van der Waals surface area (Å²) < 4.78 is 5.59. The predicted molar refractivity (Wildman–Crippen MR) is 125 cm³/mol. The zero-order valence-electron chi connectivity index (χ0n) is 18.6. The van der Waals surface area contributed by atoms with Crippen molar-refractivity contribution in [2.75, 3.05) is 13.2 Å². The number of rotatable bonds is 7. The van der Waals surface area contributed by atoms with Gasteiger partial charge in [-0.15, -0.1) is 0 Å².